The van der Waals surface area contributed by atoms with Crippen molar-refractivity contribution in [2.45, 2.75) is 20.3 Å². The molecule has 5 rings (SSSR count). The SMILES string of the molecule is Cc1cn2cc(C3=CN4C(=O)C=C(N5CCNCC5)C(C)CC=C4C=C3)cc(F)c2n1. The van der Waals surface area contributed by atoms with E-state index in [-0.39, 0.29) is 17.6 Å². The number of fused-ring (bicyclic) bond motifs is 2. The van der Waals surface area contributed by atoms with Crippen molar-refractivity contribution in [1.29, 1.82) is 0 Å². The van der Waals surface area contributed by atoms with Gasteiger partial charge in [-0.15, -0.1) is 0 Å². The topological polar surface area (TPSA) is 52.9 Å². The lowest BCUT2D eigenvalue weighted by atomic mass is 9.97. The fourth-order valence-electron chi connectivity index (χ4n) is 4.46. The van der Waals surface area contributed by atoms with E-state index in [9.17, 15) is 9.18 Å². The number of halogens is 1. The van der Waals surface area contributed by atoms with Gasteiger partial charge >= 0.3 is 0 Å². The van der Waals surface area contributed by atoms with Crippen LogP contribution in [0.4, 0.5) is 4.39 Å². The van der Waals surface area contributed by atoms with Crippen LogP contribution >= 0.6 is 0 Å². The third kappa shape index (κ3) is 3.70. The number of aromatic nitrogens is 2. The van der Waals surface area contributed by atoms with Crippen LogP contribution in [0.1, 0.15) is 24.6 Å². The molecule has 7 heteroatoms. The van der Waals surface area contributed by atoms with Gasteiger partial charge in [0.15, 0.2) is 11.5 Å². The van der Waals surface area contributed by atoms with Crippen LogP contribution in [-0.2, 0) is 4.79 Å². The van der Waals surface area contributed by atoms with Crippen molar-refractivity contribution in [2.75, 3.05) is 26.2 Å². The van der Waals surface area contributed by atoms with Crippen molar-refractivity contribution in [3.63, 3.8) is 0 Å². The van der Waals surface area contributed by atoms with Crippen molar-refractivity contribution >= 4 is 17.1 Å². The molecule has 1 amide bonds. The van der Waals surface area contributed by atoms with Crippen LogP contribution in [0, 0.1) is 18.7 Å². The van der Waals surface area contributed by atoms with E-state index in [0.29, 0.717) is 11.2 Å². The summed E-state index contributed by atoms with van der Waals surface area (Å²) < 4.78 is 16.3. The second kappa shape index (κ2) is 7.81. The van der Waals surface area contributed by atoms with Gasteiger partial charge in [0.25, 0.3) is 5.91 Å². The Morgan fingerprint density at radius 3 is 2.81 bits per heavy atom. The Hall–Kier alpha value is -3.19. The third-order valence-corrected chi connectivity index (χ3v) is 6.12. The standard InChI is InChI=1S/C24H26FN5O/c1-16-3-5-20-6-4-18(19-11-21(25)24-27-17(2)13-29(24)14-19)15-30(20)23(31)12-22(16)28-9-7-26-8-10-28/h4-6,11-16,26H,3,7-10H2,1-2H3. The minimum absolute atomic E-state index is 0.0757. The largest absolute Gasteiger partial charge is 0.372 e. The van der Waals surface area contributed by atoms with Crippen LogP contribution in [-0.4, -0.2) is 51.3 Å². The lowest BCUT2D eigenvalue weighted by molar-refractivity contribution is -0.122. The molecule has 6 nitrogen and oxygen atoms in total. The molecular weight excluding hydrogens is 393 g/mol. The molecule has 1 N–H and O–H groups in total. The van der Waals surface area contributed by atoms with E-state index in [0.717, 1.165) is 55.3 Å². The average Bonchev–Trinajstić information content (AvgIpc) is 3.16. The minimum Gasteiger partial charge on any atom is -0.372 e. The summed E-state index contributed by atoms with van der Waals surface area (Å²) in [6.07, 6.45) is 14.1. The first-order valence-corrected chi connectivity index (χ1v) is 10.8. The predicted molar refractivity (Wildman–Crippen MR) is 118 cm³/mol. The Balaban J connectivity index is 1.50. The molecule has 0 spiro atoms. The van der Waals surface area contributed by atoms with Crippen LogP contribution in [0.5, 0.6) is 0 Å². The summed E-state index contributed by atoms with van der Waals surface area (Å²) in [6, 6.07) is 1.48. The molecule has 1 saturated heterocycles. The van der Waals surface area contributed by atoms with E-state index in [2.05, 4.69) is 28.2 Å². The molecule has 1 atom stereocenters. The molecular formula is C24H26FN5O. The second-order valence-corrected chi connectivity index (χ2v) is 8.39. The number of rotatable bonds is 2. The van der Waals surface area contributed by atoms with Crippen molar-refractivity contribution in [1.82, 2.24) is 24.5 Å². The summed E-state index contributed by atoms with van der Waals surface area (Å²) in [4.78, 5) is 21.5. The maximum Gasteiger partial charge on any atom is 0.256 e. The van der Waals surface area contributed by atoms with E-state index in [1.54, 1.807) is 27.8 Å². The van der Waals surface area contributed by atoms with Crippen LogP contribution in [0.2, 0.25) is 0 Å². The van der Waals surface area contributed by atoms with E-state index in [4.69, 9.17) is 0 Å². The summed E-state index contributed by atoms with van der Waals surface area (Å²) in [7, 11) is 0. The number of hydrogen-bond acceptors (Lipinski definition) is 4. The fraction of sp³-hybridized carbons (Fsp3) is 0.333. The molecule has 0 bridgehead atoms. The van der Waals surface area contributed by atoms with Crippen LogP contribution in [0.3, 0.4) is 0 Å². The molecule has 0 radical (unpaired) electrons. The quantitative estimate of drug-likeness (QED) is 0.812. The second-order valence-electron chi connectivity index (χ2n) is 8.39. The first kappa shape index (κ1) is 19.8. The molecule has 0 aromatic carbocycles. The maximum absolute atomic E-state index is 14.6. The number of hydrogen-bond donors (Lipinski definition) is 1. The molecule has 2 aromatic rings. The van der Waals surface area contributed by atoms with Gasteiger partial charge in [-0.1, -0.05) is 19.1 Å². The zero-order chi connectivity index (χ0) is 21.5. The van der Waals surface area contributed by atoms with Gasteiger partial charge in [-0.25, -0.2) is 9.37 Å². The molecule has 1 fully saturated rings. The number of nitrogens with one attached hydrogen (secondary N) is 1. The minimum atomic E-state index is -0.380. The van der Waals surface area contributed by atoms with Gasteiger partial charge in [-0.2, -0.15) is 0 Å². The summed E-state index contributed by atoms with van der Waals surface area (Å²) in [5, 5.41) is 3.36. The van der Waals surface area contributed by atoms with Gasteiger partial charge in [-0.3, -0.25) is 9.69 Å². The Bertz CT molecular complexity index is 1170. The summed E-state index contributed by atoms with van der Waals surface area (Å²) in [5.41, 5.74) is 4.50. The normalized spacial score (nSPS) is 22.0. The highest BCUT2D eigenvalue weighted by atomic mass is 19.1. The maximum atomic E-state index is 14.6. The van der Waals surface area contributed by atoms with E-state index in [1.165, 1.54) is 6.07 Å². The molecule has 2 aromatic heterocycles. The summed E-state index contributed by atoms with van der Waals surface area (Å²) in [5.74, 6) is -0.181. The predicted octanol–water partition coefficient (Wildman–Crippen LogP) is 3.23. The summed E-state index contributed by atoms with van der Waals surface area (Å²) in [6.45, 7) is 7.68. The molecule has 5 heterocycles. The lowest BCUT2D eigenvalue weighted by Crippen LogP contribution is -2.44. The van der Waals surface area contributed by atoms with Crippen LogP contribution in [0.25, 0.3) is 11.2 Å². The van der Waals surface area contributed by atoms with Gasteiger partial charge in [0.1, 0.15) is 0 Å². The highest BCUT2D eigenvalue weighted by Crippen LogP contribution is 2.30. The summed E-state index contributed by atoms with van der Waals surface area (Å²) >= 11 is 0. The number of nitrogens with zero attached hydrogens (tertiary/aromatic N) is 4. The molecule has 0 aliphatic carbocycles. The number of pyridine rings is 1. The zero-order valence-corrected chi connectivity index (χ0v) is 17.8. The highest BCUT2D eigenvalue weighted by molar-refractivity contribution is 5.93. The Labute approximate surface area is 181 Å². The Morgan fingerprint density at radius 2 is 2.00 bits per heavy atom. The highest BCUT2D eigenvalue weighted by Gasteiger charge is 2.25. The number of amides is 1. The lowest BCUT2D eigenvalue weighted by Gasteiger charge is -2.36. The smallest absolute Gasteiger partial charge is 0.256 e. The number of allylic oxidation sites excluding steroid dienone is 5. The van der Waals surface area contributed by atoms with Gasteiger partial charge < -0.3 is 14.6 Å². The third-order valence-electron chi connectivity index (χ3n) is 6.12. The van der Waals surface area contributed by atoms with Gasteiger partial charge in [0.2, 0.25) is 0 Å². The molecule has 160 valence electrons. The van der Waals surface area contributed by atoms with Gasteiger partial charge in [-0.05, 0) is 31.4 Å². The first-order valence-electron chi connectivity index (χ1n) is 10.8. The van der Waals surface area contributed by atoms with Crippen molar-refractivity contribution in [3.05, 3.63) is 77.4 Å². The van der Waals surface area contributed by atoms with E-state index < -0.39 is 0 Å². The van der Waals surface area contributed by atoms with E-state index >= 15 is 0 Å². The number of carbonyl (C=O) groups is 1. The molecule has 0 saturated carbocycles. The zero-order valence-electron chi connectivity index (χ0n) is 17.8. The number of carbonyl (C=O) groups excluding carboxylic acids is 1. The fourth-order valence-corrected chi connectivity index (χ4v) is 4.46. The number of aryl methyl sites for hydroxylation is 1. The van der Waals surface area contributed by atoms with Gasteiger partial charge in [0.05, 0.1) is 5.69 Å². The van der Waals surface area contributed by atoms with Crippen molar-refractivity contribution in [2.24, 2.45) is 5.92 Å². The Morgan fingerprint density at radius 1 is 1.19 bits per heavy atom. The number of imidazole rings is 1. The van der Waals surface area contributed by atoms with Crippen LogP contribution in [0.15, 0.2) is 60.4 Å². The van der Waals surface area contributed by atoms with E-state index in [1.807, 2.05) is 25.3 Å². The van der Waals surface area contributed by atoms with Gasteiger partial charge in [0, 0.05) is 73.4 Å². The monoisotopic (exact) mass is 419 g/mol. The van der Waals surface area contributed by atoms with Crippen molar-refractivity contribution < 1.29 is 9.18 Å². The molecule has 3 aliphatic rings. The molecule has 3 aliphatic heterocycles. The van der Waals surface area contributed by atoms with Crippen molar-refractivity contribution in [3.8, 4) is 0 Å². The average molecular weight is 420 g/mol. The first-order chi connectivity index (χ1) is 15.0. The van der Waals surface area contributed by atoms with Crippen LogP contribution < -0.4 is 5.32 Å². The Kier molecular flexibility index (Phi) is 4.98. The molecule has 1 unspecified atom stereocenters. The molecule has 31 heavy (non-hydrogen) atoms. The number of piperazine rings is 1.